The number of rotatable bonds is 10. The molecule has 1 aromatic heterocycles. The van der Waals surface area contributed by atoms with Crippen molar-refractivity contribution in [2.75, 3.05) is 26.1 Å². The zero-order valence-electron chi connectivity index (χ0n) is 18.5. The van der Waals surface area contributed by atoms with E-state index in [2.05, 4.69) is 10.4 Å². The quantitative estimate of drug-likeness (QED) is 0.519. The third kappa shape index (κ3) is 5.87. The maximum atomic E-state index is 12.4. The van der Waals surface area contributed by atoms with Crippen molar-refractivity contribution in [2.45, 2.75) is 26.3 Å². The van der Waals surface area contributed by atoms with Crippen molar-refractivity contribution in [1.29, 1.82) is 0 Å². The van der Waals surface area contributed by atoms with Crippen molar-refractivity contribution < 1.29 is 19.0 Å². The van der Waals surface area contributed by atoms with E-state index in [-0.39, 0.29) is 17.9 Å². The van der Waals surface area contributed by atoms with Gasteiger partial charge in [0.25, 0.3) is 5.56 Å². The summed E-state index contributed by atoms with van der Waals surface area (Å²) in [5.41, 5.74) is 1.91. The van der Waals surface area contributed by atoms with Gasteiger partial charge in [0.05, 0.1) is 32.2 Å². The lowest BCUT2D eigenvalue weighted by Crippen LogP contribution is -2.23. The number of nitrogens with one attached hydrogen (secondary N) is 1. The van der Waals surface area contributed by atoms with Crippen LogP contribution >= 0.6 is 0 Å². The van der Waals surface area contributed by atoms with Gasteiger partial charge in [-0.2, -0.15) is 5.10 Å². The standard InChI is InChI=1S/C24H27N3O5/c1-4-32-18-9-7-17(8-10-18)20-13-14-24(29)27(26-20)15-5-6-23(28)25-21-12-11-19(30-2)16-22(21)31-3/h7-14,16H,4-6,15H2,1-3H3,(H,25,28). The summed E-state index contributed by atoms with van der Waals surface area (Å²) in [6.45, 7) is 2.86. The van der Waals surface area contributed by atoms with Gasteiger partial charge in [0.1, 0.15) is 17.2 Å². The highest BCUT2D eigenvalue weighted by Crippen LogP contribution is 2.29. The van der Waals surface area contributed by atoms with Crippen LogP contribution in [0.25, 0.3) is 11.3 Å². The smallest absolute Gasteiger partial charge is 0.266 e. The Morgan fingerprint density at radius 2 is 1.75 bits per heavy atom. The van der Waals surface area contributed by atoms with Crippen molar-refractivity contribution in [3.63, 3.8) is 0 Å². The van der Waals surface area contributed by atoms with Crippen LogP contribution in [0.4, 0.5) is 5.69 Å². The predicted molar refractivity (Wildman–Crippen MR) is 123 cm³/mol. The molecule has 1 heterocycles. The maximum Gasteiger partial charge on any atom is 0.266 e. The number of carbonyl (C=O) groups excluding carboxylic acids is 1. The number of aryl methyl sites for hydroxylation is 1. The van der Waals surface area contributed by atoms with E-state index in [0.717, 1.165) is 11.3 Å². The molecular weight excluding hydrogens is 410 g/mol. The van der Waals surface area contributed by atoms with Crippen molar-refractivity contribution in [3.05, 3.63) is 65.0 Å². The van der Waals surface area contributed by atoms with Gasteiger partial charge >= 0.3 is 0 Å². The summed E-state index contributed by atoms with van der Waals surface area (Å²) in [7, 11) is 3.09. The number of amides is 1. The van der Waals surface area contributed by atoms with Crippen LogP contribution in [0.15, 0.2) is 59.4 Å². The second kappa shape index (κ2) is 11.0. The lowest BCUT2D eigenvalue weighted by atomic mass is 10.1. The summed E-state index contributed by atoms with van der Waals surface area (Å²) in [5.74, 6) is 1.75. The molecule has 0 atom stereocenters. The van der Waals surface area contributed by atoms with E-state index in [9.17, 15) is 9.59 Å². The van der Waals surface area contributed by atoms with Gasteiger partial charge in [0.15, 0.2) is 0 Å². The van der Waals surface area contributed by atoms with Gasteiger partial charge in [0.2, 0.25) is 5.91 Å². The highest BCUT2D eigenvalue weighted by molar-refractivity contribution is 5.92. The Hall–Kier alpha value is -3.81. The van der Waals surface area contributed by atoms with Crippen LogP contribution in [0.2, 0.25) is 0 Å². The van der Waals surface area contributed by atoms with Crippen LogP contribution in [0, 0.1) is 0 Å². The Balaban J connectivity index is 1.60. The summed E-state index contributed by atoms with van der Waals surface area (Å²) in [6.07, 6.45) is 0.695. The van der Waals surface area contributed by atoms with Crippen molar-refractivity contribution in [1.82, 2.24) is 9.78 Å². The van der Waals surface area contributed by atoms with E-state index in [1.165, 1.54) is 17.9 Å². The van der Waals surface area contributed by atoms with E-state index in [0.29, 0.717) is 42.5 Å². The summed E-state index contributed by atoms with van der Waals surface area (Å²) < 4.78 is 17.3. The van der Waals surface area contributed by atoms with Crippen LogP contribution in [0.3, 0.4) is 0 Å². The molecule has 0 saturated carbocycles. The maximum absolute atomic E-state index is 12.4. The third-order valence-corrected chi connectivity index (χ3v) is 4.78. The summed E-state index contributed by atoms with van der Waals surface area (Å²) in [6, 6.07) is 15.9. The lowest BCUT2D eigenvalue weighted by Gasteiger charge is -2.12. The van der Waals surface area contributed by atoms with E-state index in [1.807, 2.05) is 31.2 Å². The Bertz CT molecular complexity index is 1110. The SMILES string of the molecule is CCOc1ccc(-c2ccc(=O)n(CCCC(=O)Nc3ccc(OC)cc3OC)n2)cc1. The van der Waals surface area contributed by atoms with Crippen LogP contribution in [-0.4, -0.2) is 36.5 Å². The molecule has 8 heteroatoms. The number of aromatic nitrogens is 2. The van der Waals surface area contributed by atoms with Gasteiger partial charge in [-0.1, -0.05) is 0 Å². The van der Waals surface area contributed by atoms with Crippen LogP contribution in [0.5, 0.6) is 17.2 Å². The molecule has 0 aliphatic rings. The third-order valence-electron chi connectivity index (χ3n) is 4.78. The summed E-state index contributed by atoms with van der Waals surface area (Å²) in [4.78, 5) is 24.6. The number of ether oxygens (including phenoxy) is 3. The molecule has 2 aromatic carbocycles. The van der Waals surface area contributed by atoms with Gasteiger partial charge in [-0.25, -0.2) is 4.68 Å². The minimum absolute atomic E-state index is 0.177. The molecule has 0 fully saturated rings. The molecule has 0 aliphatic carbocycles. The van der Waals surface area contributed by atoms with Crippen molar-refractivity contribution >= 4 is 11.6 Å². The van der Waals surface area contributed by atoms with Crippen molar-refractivity contribution in [2.24, 2.45) is 0 Å². The average molecular weight is 437 g/mol. The highest BCUT2D eigenvalue weighted by atomic mass is 16.5. The van der Waals surface area contributed by atoms with Gasteiger partial charge < -0.3 is 19.5 Å². The predicted octanol–water partition coefficient (Wildman–Crippen LogP) is 3.75. The highest BCUT2D eigenvalue weighted by Gasteiger charge is 2.10. The molecule has 1 N–H and O–H groups in total. The minimum atomic E-state index is -0.211. The number of carbonyl (C=O) groups is 1. The van der Waals surface area contributed by atoms with E-state index < -0.39 is 0 Å². The Kier molecular flexibility index (Phi) is 7.85. The second-order valence-electron chi connectivity index (χ2n) is 6.96. The molecule has 0 saturated heterocycles. The minimum Gasteiger partial charge on any atom is -0.497 e. The van der Waals surface area contributed by atoms with E-state index in [1.54, 1.807) is 31.4 Å². The zero-order chi connectivity index (χ0) is 22.9. The normalized spacial score (nSPS) is 10.5. The van der Waals surface area contributed by atoms with Crippen LogP contribution in [0.1, 0.15) is 19.8 Å². The van der Waals surface area contributed by atoms with Crippen molar-refractivity contribution in [3.8, 4) is 28.5 Å². The molecule has 1 amide bonds. The fourth-order valence-electron chi connectivity index (χ4n) is 3.16. The van der Waals surface area contributed by atoms with Gasteiger partial charge in [-0.3, -0.25) is 9.59 Å². The Labute approximate surface area is 186 Å². The summed E-state index contributed by atoms with van der Waals surface area (Å²) in [5, 5.41) is 7.27. The molecule has 3 aromatic rings. The monoisotopic (exact) mass is 437 g/mol. The molecule has 0 aliphatic heterocycles. The van der Waals surface area contributed by atoms with Crippen LogP contribution in [-0.2, 0) is 11.3 Å². The largest absolute Gasteiger partial charge is 0.497 e. The fraction of sp³-hybridized carbons (Fsp3) is 0.292. The summed E-state index contributed by atoms with van der Waals surface area (Å²) >= 11 is 0. The second-order valence-corrected chi connectivity index (χ2v) is 6.96. The molecule has 0 spiro atoms. The molecule has 168 valence electrons. The first kappa shape index (κ1) is 22.9. The average Bonchev–Trinajstić information content (AvgIpc) is 2.81. The first-order chi connectivity index (χ1) is 15.5. The Morgan fingerprint density at radius 1 is 1.00 bits per heavy atom. The molecule has 8 nitrogen and oxygen atoms in total. The van der Waals surface area contributed by atoms with E-state index >= 15 is 0 Å². The first-order valence-corrected chi connectivity index (χ1v) is 10.4. The number of nitrogens with zero attached hydrogens (tertiary/aromatic N) is 2. The molecule has 3 rings (SSSR count). The molecule has 0 radical (unpaired) electrons. The first-order valence-electron chi connectivity index (χ1n) is 10.4. The number of hydrogen-bond acceptors (Lipinski definition) is 6. The molecule has 32 heavy (non-hydrogen) atoms. The van der Waals surface area contributed by atoms with Gasteiger partial charge in [-0.15, -0.1) is 0 Å². The topological polar surface area (TPSA) is 91.7 Å². The number of benzene rings is 2. The van der Waals surface area contributed by atoms with E-state index in [4.69, 9.17) is 14.2 Å². The molecule has 0 bridgehead atoms. The Morgan fingerprint density at radius 3 is 2.44 bits per heavy atom. The number of hydrogen-bond donors (Lipinski definition) is 1. The van der Waals surface area contributed by atoms with Gasteiger partial charge in [0, 0.05) is 30.7 Å². The van der Waals surface area contributed by atoms with Gasteiger partial charge in [-0.05, 0) is 55.8 Å². The molecular formula is C24H27N3O5. The number of anilines is 1. The number of methoxy groups -OCH3 is 2. The lowest BCUT2D eigenvalue weighted by molar-refractivity contribution is -0.116. The fourth-order valence-corrected chi connectivity index (χ4v) is 3.16. The zero-order valence-corrected chi connectivity index (χ0v) is 18.5. The van der Waals surface area contributed by atoms with Crippen LogP contribution < -0.4 is 25.1 Å². The molecule has 0 unspecified atom stereocenters.